The molecule has 1 aromatic heterocycles. The van der Waals surface area contributed by atoms with E-state index in [1.807, 2.05) is 19.1 Å². The number of aliphatic imine (C=N–C) groups is 1. The molecule has 0 radical (unpaired) electrons. The summed E-state index contributed by atoms with van der Waals surface area (Å²) in [6, 6.07) is 3.97. The number of rotatable bonds is 7. The highest BCUT2D eigenvalue weighted by atomic mass is 32.2. The number of aromatic nitrogens is 2. The Morgan fingerprint density at radius 1 is 1.10 bits per heavy atom. The van der Waals surface area contributed by atoms with Crippen LogP contribution in [0.2, 0.25) is 0 Å². The van der Waals surface area contributed by atoms with Gasteiger partial charge >= 0.3 is 0 Å². The van der Waals surface area contributed by atoms with Crippen LogP contribution in [0.1, 0.15) is 55.7 Å². The Morgan fingerprint density at radius 2 is 1.87 bits per heavy atom. The van der Waals surface area contributed by atoms with Gasteiger partial charge in [-0.25, -0.2) is 9.97 Å². The number of ether oxygens (including phenoxy) is 2. The molecule has 0 unspecified atom stereocenters. The van der Waals surface area contributed by atoms with E-state index >= 15 is 0 Å². The molecule has 166 valence electrons. The summed E-state index contributed by atoms with van der Waals surface area (Å²) in [5, 5.41) is 0. The van der Waals surface area contributed by atoms with Gasteiger partial charge in [0.1, 0.15) is 6.33 Å². The summed E-state index contributed by atoms with van der Waals surface area (Å²) in [5.41, 5.74) is 3.64. The maximum atomic E-state index is 12.0. The molecular formula is C22H27N3O5S. The van der Waals surface area contributed by atoms with Crippen LogP contribution in [-0.4, -0.2) is 55.7 Å². The van der Waals surface area contributed by atoms with Crippen molar-refractivity contribution >= 4 is 15.8 Å². The summed E-state index contributed by atoms with van der Waals surface area (Å²) in [7, 11) is -1.90. The molecule has 0 bridgehead atoms. The average Bonchev–Trinajstić information content (AvgIpc) is 2.79. The molecule has 0 saturated heterocycles. The predicted molar refractivity (Wildman–Crippen MR) is 117 cm³/mol. The molecule has 8 nitrogen and oxygen atoms in total. The minimum atomic E-state index is -3.51. The van der Waals surface area contributed by atoms with E-state index in [2.05, 4.69) is 9.97 Å². The van der Waals surface area contributed by atoms with E-state index in [9.17, 15) is 8.42 Å². The van der Waals surface area contributed by atoms with Crippen molar-refractivity contribution in [1.82, 2.24) is 9.97 Å². The van der Waals surface area contributed by atoms with E-state index in [-0.39, 0.29) is 23.8 Å². The van der Waals surface area contributed by atoms with Crippen LogP contribution in [0, 0.1) is 0 Å². The third kappa shape index (κ3) is 4.43. The number of benzene rings is 1. The van der Waals surface area contributed by atoms with Crippen LogP contribution in [0.25, 0.3) is 0 Å². The molecule has 1 aliphatic heterocycles. The molecule has 1 aliphatic carbocycles. The summed E-state index contributed by atoms with van der Waals surface area (Å²) < 4.78 is 40.9. The summed E-state index contributed by atoms with van der Waals surface area (Å²) in [5.74, 6) is 1.29. The van der Waals surface area contributed by atoms with Crippen molar-refractivity contribution in [2.24, 2.45) is 4.99 Å². The van der Waals surface area contributed by atoms with Crippen LogP contribution in [0.15, 0.2) is 35.8 Å². The maximum Gasteiger partial charge on any atom is 0.267 e. The molecule has 1 saturated carbocycles. The molecule has 31 heavy (non-hydrogen) atoms. The number of hydrogen-bond donors (Lipinski definition) is 0. The highest BCUT2D eigenvalue weighted by Crippen LogP contribution is 2.45. The van der Waals surface area contributed by atoms with Crippen molar-refractivity contribution in [3.63, 3.8) is 0 Å². The third-order valence-corrected chi connectivity index (χ3v) is 7.09. The van der Waals surface area contributed by atoms with Gasteiger partial charge in [0.2, 0.25) is 0 Å². The third-order valence-electron chi connectivity index (χ3n) is 5.82. The standard InChI is InChI=1S/C22H27N3O5S/c1-4-29-21-9-16-17-8-15(30-31(26,27)5-2)6-7-19(17)25-22(14-11-23-13-24-12-14)18(16)10-20(21)28-3/h9-13,15,17,19H,4-8H2,1-3H3/t15-,17-,19-/m1/s1. The van der Waals surface area contributed by atoms with Crippen molar-refractivity contribution in [3.8, 4) is 11.5 Å². The monoisotopic (exact) mass is 445 g/mol. The normalized spacial score (nSPS) is 22.8. The minimum Gasteiger partial charge on any atom is -0.493 e. The van der Waals surface area contributed by atoms with Gasteiger partial charge in [0, 0.05) is 29.4 Å². The Labute approximate surface area is 182 Å². The molecule has 2 aromatic rings. The van der Waals surface area contributed by atoms with Crippen molar-refractivity contribution in [2.45, 2.75) is 51.2 Å². The number of fused-ring (bicyclic) bond motifs is 3. The second-order valence-corrected chi connectivity index (χ2v) is 9.56. The first kappa shape index (κ1) is 21.7. The lowest BCUT2D eigenvalue weighted by molar-refractivity contribution is 0.140. The Hall–Kier alpha value is -2.52. The van der Waals surface area contributed by atoms with Crippen molar-refractivity contribution < 1.29 is 22.1 Å². The average molecular weight is 446 g/mol. The van der Waals surface area contributed by atoms with Crippen LogP contribution in [0.3, 0.4) is 0 Å². The molecule has 0 amide bonds. The highest BCUT2D eigenvalue weighted by Gasteiger charge is 2.39. The fourth-order valence-corrected chi connectivity index (χ4v) is 5.10. The Kier molecular flexibility index (Phi) is 6.24. The molecule has 2 aliphatic rings. The van der Waals surface area contributed by atoms with E-state index in [0.29, 0.717) is 30.9 Å². The lowest BCUT2D eigenvalue weighted by Crippen LogP contribution is -2.36. The van der Waals surface area contributed by atoms with E-state index in [0.717, 1.165) is 28.8 Å². The van der Waals surface area contributed by atoms with Crippen LogP contribution in [0.4, 0.5) is 0 Å². The van der Waals surface area contributed by atoms with Crippen molar-refractivity contribution in [2.75, 3.05) is 19.5 Å². The van der Waals surface area contributed by atoms with E-state index in [1.165, 1.54) is 6.33 Å². The minimum absolute atomic E-state index is 0.0229. The quantitative estimate of drug-likeness (QED) is 0.604. The first-order chi connectivity index (χ1) is 15.0. The van der Waals surface area contributed by atoms with Crippen LogP contribution >= 0.6 is 0 Å². The zero-order chi connectivity index (χ0) is 22.0. The summed E-state index contributed by atoms with van der Waals surface area (Å²) in [6.45, 7) is 4.03. The van der Waals surface area contributed by atoms with E-state index < -0.39 is 10.1 Å². The fourth-order valence-electron chi connectivity index (χ4n) is 4.37. The van der Waals surface area contributed by atoms with Gasteiger partial charge in [-0.15, -0.1) is 0 Å². The van der Waals surface area contributed by atoms with Gasteiger partial charge in [0.15, 0.2) is 11.5 Å². The second kappa shape index (κ2) is 8.92. The van der Waals surface area contributed by atoms with E-state index in [4.69, 9.17) is 18.6 Å². The van der Waals surface area contributed by atoms with E-state index in [1.54, 1.807) is 26.4 Å². The molecular weight excluding hydrogens is 418 g/mol. The zero-order valence-corrected chi connectivity index (χ0v) is 18.8. The Balaban J connectivity index is 1.78. The summed E-state index contributed by atoms with van der Waals surface area (Å²) >= 11 is 0. The van der Waals surface area contributed by atoms with Gasteiger partial charge in [-0.3, -0.25) is 9.18 Å². The Morgan fingerprint density at radius 3 is 2.55 bits per heavy atom. The topological polar surface area (TPSA) is 100.0 Å². The predicted octanol–water partition coefficient (Wildman–Crippen LogP) is 3.11. The summed E-state index contributed by atoms with van der Waals surface area (Å²) in [4.78, 5) is 13.4. The van der Waals surface area contributed by atoms with Gasteiger partial charge in [-0.1, -0.05) is 0 Å². The largest absolute Gasteiger partial charge is 0.493 e. The first-order valence-corrected chi connectivity index (χ1v) is 12.1. The summed E-state index contributed by atoms with van der Waals surface area (Å²) in [6.07, 6.45) is 6.60. The van der Waals surface area contributed by atoms with Gasteiger partial charge in [-0.05, 0) is 50.8 Å². The van der Waals surface area contributed by atoms with Gasteiger partial charge in [-0.2, -0.15) is 8.42 Å². The maximum absolute atomic E-state index is 12.0. The molecule has 4 rings (SSSR count). The number of methoxy groups -OCH3 is 1. The van der Waals surface area contributed by atoms with Crippen molar-refractivity contribution in [3.05, 3.63) is 47.5 Å². The van der Waals surface area contributed by atoms with Crippen molar-refractivity contribution in [1.29, 1.82) is 0 Å². The molecule has 2 heterocycles. The molecule has 9 heteroatoms. The Bertz CT molecular complexity index is 1070. The van der Waals surface area contributed by atoms with Crippen LogP contribution in [-0.2, 0) is 14.3 Å². The SMILES string of the molecule is CCOc1cc2c(cc1OC)C(c1cncnc1)=N[C@@H]1CC[C@@H](OS(=O)(=O)CC)C[C@H]21. The van der Waals surface area contributed by atoms with Gasteiger partial charge in [0.25, 0.3) is 10.1 Å². The molecule has 0 N–H and O–H groups in total. The molecule has 1 fully saturated rings. The second-order valence-electron chi connectivity index (χ2n) is 7.68. The smallest absolute Gasteiger partial charge is 0.267 e. The molecule has 3 atom stereocenters. The lowest BCUT2D eigenvalue weighted by Gasteiger charge is -2.38. The highest BCUT2D eigenvalue weighted by molar-refractivity contribution is 7.86. The van der Waals surface area contributed by atoms with Gasteiger partial charge < -0.3 is 9.47 Å². The van der Waals surface area contributed by atoms with Crippen LogP contribution in [0.5, 0.6) is 11.5 Å². The lowest BCUT2D eigenvalue weighted by atomic mass is 9.74. The fraction of sp³-hybridized carbons (Fsp3) is 0.500. The van der Waals surface area contributed by atoms with Crippen LogP contribution < -0.4 is 9.47 Å². The number of hydrogen-bond acceptors (Lipinski definition) is 8. The molecule has 1 aromatic carbocycles. The number of nitrogens with zero attached hydrogens (tertiary/aromatic N) is 3. The van der Waals surface area contributed by atoms with Gasteiger partial charge in [0.05, 0.1) is 37.3 Å². The molecule has 0 spiro atoms. The first-order valence-electron chi connectivity index (χ1n) is 10.5. The zero-order valence-electron chi connectivity index (χ0n) is 17.9.